The lowest BCUT2D eigenvalue weighted by atomic mass is 10.1. The van der Waals surface area contributed by atoms with Gasteiger partial charge in [0, 0.05) is 54.3 Å². The second kappa shape index (κ2) is 7.54. The van der Waals surface area contributed by atoms with E-state index < -0.39 is 0 Å². The maximum absolute atomic E-state index is 11.9. The van der Waals surface area contributed by atoms with Crippen LogP contribution in [0.2, 0.25) is 0 Å². The molecule has 0 radical (unpaired) electrons. The second-order valence-electron chi connectivity index (χ2n) is 7.35. The molecule has 0 aromatic carbocycles. The van der Waals surface area contributed by atoms with E-state index in [1.807, 2.05) is 33.2 Å². The van der Waals surface area contributed by atoms with E-state index in [0.717, 1.165) is 23.2 Å². The van der Waals surface area contributed by atoms with Gasteiger partial charge in [-0.2, -0.15) is 4.98 Å². The first-order valence-electron chi connectivity index (χ1n) is 9.65. The predicted molar refractivity (Wildman–Crippen MR) is 107 cm³/mol. The number of aryl methyl sites for hydroxylation is 3. The third kappa shape index (κ3) is 3.81. The third-order valence-electron chi connectivity index (χ3n) is 5.18. The van der Waals surface area contributed by atoms with Crippen molar-refractivity contribution in [1.29, 1.82) is 0 Å². The lowest BCUT2D eigenvalue weighted by Gasteiger charge is -2.12. The Kier molecular flexibility index (Phi) is 4.94. The monoisotopic (exact) mass is 376 g/mol. The van der Waals surface area contributed by atoms with Crippen LogP contribution in [0.25, 0.3) is 11.1 Å². The molecule has 0 bridgehead atoms. The normalized spacial score (nSPS) is 18.1. The maximum atomic E-state index is 11.9. The largest absolute Gasteiger partial charge is 0.477 e. The molecule has 6 heteroatoms. The molecule has 2 atom stereocenters. The molecule has 0 N–H and O–H groups in total. The van der Waals surface area contributed by atoms with E-state index >= 15 is 0 Å². The van der Waals surface area contributed by atoms with Gasteiger partial charge in [0.15, 0.2) is 0 Å². The Hall–Kier alpha value is -3.02. The zero-order chi connectivity index (χ0) is 19.7. The summed E-state index contributed by atoms with van der Waals surface area (Å²) in [5.74, 6) is 2.13. The molecule has 4 rings (SSSR count). The molecule has 1 saturated carbocycles. The fourth-order valence-corrected chi connectivity index (χ4v) is 3.37. The molecule has 3 aromatic rings. The summed E-state index contributed by atoms with van der Waals surface area (Å²) < 4.78 is 7.77. The van der Waals surface area contributed by atoms with Crippen LogP contribution in [0.15, 0.2) is 47.7 Å². The Bertz CT molecular complexity index is 1040. The van der Waals surface area contributed by atoms with E-state index in [4.69, 9.17) is 4.74 Å². The lowest BCUT2D eigenvalue weighted by Crippen LogP contribution is -2.17. The standard InChI is InChI=1S/C22H24N4O2/c1-4-26-12-16(6-8-21(26)27)19-11-23-15(3)25-22(19)28-13-17-9-18(17)20-7-5-14(2)10-24-20/h5-8,10-12,17-18H,4,9,13H2,1-3H3/t17?,18-/m1/s1. The molecule has 3 heterocycles. The number of pyridine rings is 2. The van der Waals surface area contributed by atoms with Gasteiger partial charge in [0.2, 0.25) is 5.88 Å². The van der Waals surface area contributed by atoms with Gasteiger partial charge in [0.05, 0.1) is 12.2 Å². The van der Waals surface area contributed by atoms with Crippen molar-refractivity contribution in [3.8, 4) is 17.0 Å². The van der Waals surface area contributed by atoms with Crippen molar-refractivity contribution >= 4 is 0 Å². The second-order valence-corrected chi connectivity index (χ2v) is 7.35. The van der Waals surface area contributed by atoms with Gasteiger partial charge in [-0.15, -0.1) is 0 Å². The van der Waals surface area contributed by atoms with Gasteiger partial charge in [-0.25, -0.2) is 4.98 Å². The first-order chi connectivity index (χ1) is 13.5. The minimum absolute atomic E-state index is 0.0202. The summed E-state index contributed by atoms with van der Waals surface area (Å²) in [5, 5.41) is 0. The van der Waals surface area contributed by atoms with Crippen LogP contribution in [0.5, 0.6) is 5.88 Å². The molecule has 144 valence electrons. The minimum atomic E-state index is -0.0202. The molecular weight excluding hydrogens is 352 g/mol. The van der Waals surface area contributed by atoms with Crippen molar-refractivity contribution in [2.45, 2.75) is 39.7 Å². The highest BCUT2D eigenvalue weighted by Gasteiger charge is 2.40. The van der Waals surface area contributed by atoms with Crippen LogP contribution in [0.1, 0.15) is 36.3 Å². The Morgan fingerprint density at radius 2 is 2.00 bits per heavy atom. The van der Waals surface area contributed by atoms with Gasteiger partial charge in [-0.3, -0.25) is 9.78 Å². The molecule has 0 saturated heterocycles. The van der Waals surface area contributed by atoms with E-state index in [1.54, 1.807) is 22.9 Å². The summed E-state index contributed by atoms with van der Waals surface area (Å²) in [5.41, 5.74) is 3.97. The molecule has 0 aliphatic heterocycles. The first-order valence-corrected chi connectivity index (χ1v) is 9.65. The summed E-state index contributed by atoms with van der Waals surface area (Å²) in [6.45, 7) is 7.05. The molecule has 3 aromatic heterocycles. The van der Waals surface area contributed by atoms with Crippen molar-refractivity contribution in [3.63, 3.8) is 0 Å². The summed E-state index contributed by atoms with van der Waals surface area (Å²) >= 11 is 0. The highest BCUT2D eigenvalue weighted by atomic mass is 16.5. The van der Waals surface area contributed by atoms with Gasteiger partial charge < -0.3 is 9.30 Å². The van der Waals surface area contributed by atoms with E-state index in [9.17, 15) is 4.79 Å². The van der Waals surface area contributed by atoms with Crippen molar-refractivity contribution in [3.05, 3.63) is 70.3 Å². The number of aromatic nitrogens is 4. The topological polar surface area (TPSA) is 69.9 Å². The molecule has 1 aliphatic rings. The molecule has 0 spiro atoms. The first kappa shape index (κ1) is 18.3. The van der Waals surface area contributed by atoms with Gasteiger partial charge in [0.1, 0.15) is 5.82 Å². The van der Waals surface area contributed by atoms with Crippen LogP contribution in [0, 0.1) is 19.8 Å². The minimum Gasteiger partial charge on any atom is -0.477 e. The fraction of sp³-hybridized carbons (Fsp3) is 0.364. The maximum Gasteiger partial charge on any atom is 0.250 e. The quantitative estimate of drug-likeness (QED) is 0.658. The molecule has 6 nitrogen and oxygen atoms in total. The predicted octanol–water partition coefficient (Wildman–Crippen LogP) is 3.52. The molecule has 1 aliphatic carbocycles. The number of hydrogen-bond acceptors (Lipinski definition) is 5. The van der Waals surface area contributed by atoms with Gasteiger partial charge >= 0.3 is 0 Å². The Morgan fingerprint density at radius 3 is 2.75 bits per heavy atom. The van der Waals surface area contributed by atoms with Crippen LogP contribution >= 0.6 is 0 Å². The van der Waals surface area contributed by atoms with Crippen LogP contribution < -0.4 is 10.3 Å². The molecule has 1 fully saturated rings. The number of nitrogens with zero attached hydrogens (tertiary/aromatic N) is 4. The van der Waals surface area contributed by atoms with Crippen LogP contribution in [0.4, 0.5) is 0 Å². The van der Waals surface area contributed by atoms with Gasteiger partial charge in [-0.1, -0.05) is 6.07 Å². The van der Waals surface area contributed by atoms with Gasteiger partial charge in [-0.05, 0) is 44.9 Å². The van der Waals surface area contributed by atoms with E-state index in [0.29, 0.717) is 36.7 Å². The number of hydrogen-bond donors (Lipinski definition) is 0. The lowest BCUT2D eigenvalue weighted by molar-refractivity contribution is 0.285. The highest BCUT2D eigenvalue weighted by Crippen LogP contribution is 2.47. The SMILES string of the molecule is CCn1cc(-c2cnc(C)nc2OCC2C[C@H]2c2ccc(C)cn2)ccc1=O. The Morgan fingerprint density at radius 1 is 1.14 bits per heavy atom. The van der Waals surface area contributed by atoms with E-state index in [-0.39, 0.29) is 5.56 Å². The molecule has 1 unspecified atom stereocenters. The summed E-state index contributed by atoms with van der Waals surface area (Å²) in [6, 6.07) is 7.58. The average Bonchev–Trinajstić information content (AvgIpc) is 3.47. The summed E-state index contributed by atoms with van der Waals surface area (Å²) in [4.78, 5) is 25.2. The van der Waals surface area contributed by atoms with Crippen LogP contribution in [0.3, 0.4) is 0 Å². The van der Waals surface area contributed by atoms with E-state index in [2.05, 4.69) is 27.1 Å². The number of ether oxygens (including phenoxy) is 1. The zero-order valence-electron chi connectivity index (χ0n) is 16.4. The Balaban J connectivity index is 1.52. The Labute approximate surface area is 164 Å². The molecule has 0 amide bonds. The van der Waals surface area contributed by atoms with Crippen molar-refractivity contribution in [2.75, 3.05) is 6.61 Å². The van der Waals surface area contributed by atoms with E-state index in [1.165, 1.54) is 5.56 Å². The molecular formula is C22H24N4O2. The highest BCUT2D eigenvalue weighted by molar-refractivity contribution is 5.66. The third-order valence-corrected chi connectivity index (χ3v) is 5.18. The zero-order valence-corrected chi connectivity index (χ0v) is 16.4. The summed E-state index contributed by atoms with van der Waals surface area (Å²) in [7, 11) is 0. The average molecular weight is 376 g/mol. The van der Waals surface area contributed by atoms with Crippen molar-refractivity contribution < 1.29 is 4.74 Å². The fourth-order valence-electron chi connectivity index (χ4n) is 3.37. The van der Waals surface area contributed by atoms with Crippen LogP contribution in [-0.4, -0.2) is 26.1 Å². The number of rotatable bonds is 6. The molecule has 28 heavy (non-hydrogen) atoms. The van der Waals surface area contributed by atoms with Crippen molar-refractivity contribution in [2.24, 2.45) is 5.92 Å². The smallest absolute Gasteiger partial charge is 0.250 e. The van der Waals surface area contributed by atoms with Crippen molar-refractivity contribution in [1.82, 2.24) is 19.5 Å². The summed E-state index contributed by atoms with van der Waals surface area (Å²) in [6.07, 6.45) is 6.60. The van der Waals surface area contributed by atoms with Crippen LogP contribution in [-0.2, 0) is 6.54 Å². The van der Waals surface area contributed by atoms with Gasteiger partial charge in [0.25, 0.3) is 5.56 Å².